The Bertz CT molecular complexity index is 1040. The highest BCUT2D eigenvalue weighted by Crippen LogP contribution is 2.39. The van der Waals surface area contributed by atoms with Gasteiger partial charge >= 0.3 is 5.97 Å². The second-order valence-corrected chi connectivity index (χ2v) is 8.46. The minimum atomic E-state index is -0.222. The molecule has 5 nitrogen and oxygen atoms in total. The van der Waals surface area contributed by atoms with Gasteiger partial charge in [-0.1, -0.05) is 32.0 Å². The summed E-state index contributed by atoms with van der Waals surface area (Å²) in [7, 11) is 0. The number of fused-ring (bicyclic) bond motifs is 2. The Morgan fingerprint density at radius 3 is 2.80 bits per heavy atom. The van der Waals surface area contributed by atoms with Gasteiger partial charge in [0.1, 0.15) is 18.9 Å². The van der Waals surface area contributed by atoms with Crippen LogP contribution >= 0.6 is 0 Å². The van der Waals surface area contributed by atoms with Gasteiger partial charge in [0.15, 0.2) is 0 Å². The van der Waals surface area contributed by atoms with Gasteiger partial charge in [0.2, 0.25) is 0 Å². The summed E-state index contributed by atoms with van der Waals surface area (Å²) in [5, 5.41) is 1.06. The van der Waals surface area contributed by atoms with Gasteiger partial charge in [-0.3, -0.25) is 4.79 Å². The first-order valence-corrected chi connectivity index (χ1v) is 10.7. The molecule has 1 aliphatic rings. The standard InChI is InChI=1S/C25H30N2O3/c1-4-29-24(28)18-27-13-11-19-17-20(9-10-22(19)27)30-16-15-26-14-12-25(2,3)21-7-5-6-8-23(21)26/h5-11,13,17H,4,12,14-16,18H2,1-3H3. The van der Waals surface area contributed by atoms with E-state index in [0.29, 0.717) is 13.2 Å². The summed E-state index contributed by atoms with van der Waals surface area (Å²) in [6.45, 7) is 9.61. The quantitative estimate of drug-likeness (QED) is 0.530. The van der Waals surface area contributed by atoms with Crippen molar-refractivity contribution in [1.29, 1.82) is 0 Å². The molecule has 1 aliphatic heterocycles. The number of aromatic nitrogens is 1. The second-order valence-electron chi connectivity index (χ2n) is 8.46. The van der Waals surface area contributed by atoms with Crippen molar-refractivity contribution in [2.45, 2.75) is 39.2 Å². The van der Waals surface area contributed by atoms with Gasteiger partial charge in [0.05, 0.1) is 13.2 Å². The Morgan fingerprint density at radius 1 is 1.13 bits per heavy atom. The predicted molar refractivity (Wildman–Crippen MR) is 120 cm³/mol. The molecule has 0 radical (unpaired) electrons. The van der Waals surface area contributed by atoms with Crippen molar-refractivity contribution < 1.29 is 14.3 Å². The summed E-state index contributed by atoms with van der Waals surface area (Å²) in [6.07, 6.45) is 3.06. The van der Waals surface area contributed by atoms with Crippen LogP contribution in [0.1, 0.15) is 32.8 Å². The van der Waals surface area contributed by atoms with Gasteiger partial charge in [-0.2, -0.15) is 0 Å². The maximum absolute atomic E-state index is 11.8. The van der Waals surface area contributed by atoms with E-state index in [-0.39, 0.29) is 17.9 Å². The maximum atomic E-state index is 11.8. The van der Waals surface area contributed by atoms with Crippen molar-refractivity contribution >= 4 is 22.6 Å². The average Bonchev–Trinajstić information content (AvgIpc) is 3.12. The summed E-state index contributed by atoms with van der Waals surface area (Å²) in [4.78, 5) is 14.2. The fourth-order valence-electron chi connectivity index (χ4n) is 4.25. The molecule has 0 fully saturated rings. The Kier molecular flexibility index (Phi) is 5.71. The molecule has 3 aromatic rings. The first-order valence-electron chi connectivity index (χ1n) is 10.7. The summed E-state index contributed by atoms with van der Waals surface area (Å²) in [5.41, 5.74) is 3.96. The van der Waals surface area contributed by atoms with Crippen molar-refractivity contribution in [3.8, 4) is 5.75 Å². The molecule has 5 heteroatoms. The molecule has 1 aromatic heterocycles. The number of hydrogen-bond acceptors (Lipinski definition) is 4. The van der Waals surface area contributed by atoms with Crippen LogP contribution in [-0.2, 0) is 21.5 Å². The number of esters is 1. The highest BCUT2D eigenvalue weighted by Gasteiger charge is 2.30. The number of benzene rings is 2. The first kappa shape index (κ1) is 20.3. The molecule has 30 heavy (non-hydrogen) atoms. The predicted octanol–water partition coefficient (Wildman–Crippen LogP) is 4.77. The molecule has 0 spiro atoms. The van der Waals surface area contributed by atoms with Crippen LogP contribution < -0.4 is 9.64 Å². The van der Waals surface area contributed by atoms with Crippen molar-refractivity contribution in [1.82, 2.24) is 4.57 Å². The van der Waals surface area contributed by atoms with E-state index >= 15 is 0 Å². The lowest BCUT2D eigenvalue weighted by molar-refractivity contribution is -0.143. The van der Waals surface area contributed by atoms with Crippen molar-refractivity contribution in [3.63, 3.8) is 0 Å². The van der Waals surface area contributed by atoms with Crippen molar-refractivity contribution in [3.05, 3.63) is 60.3 Å². The molecular formula is C25H30N2O3. The average molecular weight is 407 g/mol. The van der Waals surface area contributed by atoms with Crippen LogP contribution in [0.15, 0.2) is 54.7 Å². The van der Waals surface area contributed by atoms with Gasteiger partial charge in [-0.25, -0.2) is 0 Å². The van der Waals surface area contributed by atoms with Gasteiger partial charge in [0.25, 0.3) is 0 Å². The van der Waals surface area contributed by atoms with Crippen LogP contribution in [0.25, 0.3) is 10.9 Å². The van der Waals surface area contributed by atoms with Crippen LogP contribution in [-0.4, -0.2) is 36.8 Å². The zero-order chi connectivity index (χ0) is 21.1. The molecule has 0 saturated carbocycles. The molecule has 0 aliphatic carbocycles. The Balaban J connectivity index is 1.39. The lowest BCUT2D eigenvalue weighted by Gasteiger charge is -2.40. The van der Waals surface area contributed by atoms with Crippen LogP contribution in [0.4, 0.5) is 5.69 Å². The molecule has 2 heterocycles. The molecule has 158 valence electrons. The maximum Gasteiger partial charge on any atom is 0.325 e. The molecule has 0 atom stereocenters. The molecule has 0 saturated heterocycles. The van der Waals surface area contributed by atoms with Crippen LogP contribution in [0.2, 0.25) is 0 Å². The minimum Gasteiger partial charge on any atom is -0.492 e. The molecule has 0 bridgehead atoms. The third kappa shape index (κ3) is 4.16. The summed E-state index contributed by atoms with van der Waals surface area (Å²) in [5.74, 6) is 0.627. The van der Waals surface area contributed by atoms with Gasteiger partial charge in [0, 0.05) is 29.3 Å². The van der Waals surface area contributed by atoms with Crippen LogP contribution in [0.5, 0.6) is 5.75 Å². The zero-order valence-electron chi connectivity index (χ0n) is 18.1. The Morgan fingerprint density at radius 2 is 1.97 bits per heavy atom. The summed E-state index contributed by atoms with van der Waals surface area (Å²) >= 11 is 0. The van der Waals surface area contributed by atoms with Gasteiger partial charge in [-0.05, 0) is 54.7 Å². The van der Waals surface area contributed by atoms with E-state index in [1.807, 2.05) is 42.0 Å². The lowest BCUT2D eigenvalue weighted by atomic mass is 9.78. The number of anilines is 1. The third-order valence-electron chi connectivity index (χ3n) is 5.96. The smallest absolute Gasteiger partial charge is 0.325 e. The summed E-state index contributed by atoms with van der Waals surface area (Å²) < 4.78 is 13.0. The SMILES string of the molecule is CCOC(=O)Cn1ccc2cc(OCCN3CCC(C)(C)c4ccccc43)ccc21. The second kappa shape index (κ2) is 8.42. The molecule has 0 N–H and O–H groups in total. The van der Waals surface area contributed by atoms with Crippen molar-refractivity contribution in [2.75, 3.05) is 31.2 Å². The van der Waals surface area contributed by atoms with E-state index in [4.69, 9.17) is 9.47 Å². The number of carbonyl (C=O) groups excluding carboxylic acids is 1. The molecule has 0 amide bonds. The molecule has 2 aromatic carbocycles. The first-order chi connectivity index (χ1) is 14.5. The van der Waals surface area contributed by atoms with E-state index in [1.54, 1.807) is 0 Å². The van der Waals surface area contributed by atoms with E-state index in [9.17, 15) is 4.79 Å². The fraction of sp³-hybridized carbons (Fsp3) is 0.400. The van der Waals surface area contributed by atoms with E-state index < -0.39 is 0 Å². The zero-order valence-corrected chi connectivity index (χ0v) is 18.1. The number of hydrogen-bond donors (Lipinski definition) is 0. The normalized spacial score (nSPS) is 15.1. The molecule has 4 rings (SSSR count). The topological polar surface area (TPSA) is 43.7 Å². The van der Waals surface area contributed by atoms with Crippen LogP contribution in [0.3, 0.4) is 0 Å². The fourth-order valence-corrected chi connectivity index (χ4v) is 4.25. The highest BCUT2D eigenvalue weighted by molar-refractivity contribution is 5.83. The molecule has 0 unspecified atom stereocenters. The molecular weight excluding hydrogens is 376 g/mol. The minimum absolute atomic E-state index is 0.218. The van der Waals surface area contributed by atoms with E-state index in [1.165, 1.54) is 11.3 Å². The van der Waals surface area contributed by atoms with E-state index in [0.717, 1.165) is 36.2 Å². The number of para-hydroxylation sites is 1. The summed E-state index contributed by atoms with van der Waals surface area (Å²) in [6, 6.07) is 16.7. The number of nitrogens with zero attached hydrogens (tertiary/aromatic N) is 2. The monoisotopic (exact) mass is 406 g/mol. The highest BCUT2D eigenvalue weighted by atomic mass is 16.5. The van der Waals surface area contributed by atoms with Gasteiger partial charge in [-0.15, -0.1) is 0 Å². The number of rotatable bonds is 7. The van der Waals surface area contributed by atoms with E-state index in [2.05, 4.69) is 43.0 Å². The third-order valence-corrected chi connectivity index (χ3v) is 5.96. The Labute approximate surface area is 178 Å². The van der Waals surface area contributed by atoms with Crippen molar-refractivity contribution in [2.24, 2.45) is 0 Å². The number of carbonyl (C=O) groups is 1. The van der Waals surface area contributed by atoms with Gasteiger partial charge < -0.3 is 18.9 Å². The largest absolute Gasteiger partial charge is 0.492 e. The Hall–Kier alpha value is -2.95. The van der Waals surface area contributed by atoms with Crippen LogP contribution in [0, 0.1) is 0 Å². The lowest BCUT2D eigenvalue weighted by Crippen LogP contribution is -2.39. The number of ether oxygens (including phenoxy) is 2.